The third kappa shape index (κ3) is 3.96. The average Bonchev–Trinajstić information content (AvgIpc) is 3.50. The molecular formula is C26H27N7O3. The fraction of sp³-hybridized carbons (Fsp3) is 0.385. The molecule has 2 fully saturated rings. The number of benzene rings is 1. The molecule has 0 unspecified atom stereocenters. The fourth-order valence-electron chi connectivity index (χ4n) is 5.47. The van der Waals surface area contributed by atoms with Gasteiger partial charge in [-0.2, -0.15) is 5.26 Å². The van der Waals surface area contributed by atoms with Crippen LogP contribution < -0.4 is 10.2 Å². The number of nitriles is 1. The summed E-state index contributed by atoms with van der Waals surface area (Å²) in [6, 6.07) is 11.0. The molecule has 0 bridgehead atoms. The zero-order chi connectivity index (χ0) is 25.4. The second-order valence-electron chi connectivity index (χ2n) is 9.58. The highest BCUT2D eigenvalue weighted by Gasteiger charge is 2.56. The van der Waals surface area contributed by atoms with E-state index in [1.807, 2.05) is 29.2 Å². The van der Waals surface area contributed by atoms with Gasteiger partial charge >= 0.3 is 0 Å². The summed E-state index contributed by atoms with van der Waals surface area (Å²) in [6.45, 7) is 5.63. The molecule has 184 valence electrons. The fourth-order valence-corrected chi connectivity index (χ4v) is 5.47. The molecule has 2 saturated heterocycles. The van der Waals surface area contributed by atoms with E-state index in [1.54, 1.807) is 22.9 Å². The predicted molar refractivity (Wildman–Crippen MR) is 133 cm³/mol. The molecule has 36 heavy (non-hydrogen) atoms. The minimum atomic E-state index is -0.285. The third-order valence-corrected chi connectivity index (χ3v) is 7.38. The lowest BCUT2D eigenvalue weighted by Gasteiger charge is -2.55. The molecule has 1 spiro atoms. The van der Waals surface area contributed by atoms with Gasteiger partial charge in [0.15, 0.2) is 5.65 Å². The molecular weight excluding hydrogens is 458 g/mol. The molecule has 1 N–H and O–H groups in total. The number of hydrogen-bond acceptors (Lipinski definition) is 7. The molecule has 3 aromatic rings. The summed E-state index contributed by atoms with van der Waals surface area (Å²) in [6.07, 6.45) is 4.08. The van der Waals surface area contributed by atoms with Crippen LogP contribution in [0.15, 0.2) is 42.9 Å². The summed E-state index contributed by atoms with van der Waals surface area (Å²) in [5, 5.41) is 12.5. The van der Waals surface area contributed by atoms with Gasteiger partial charge in [-0.05, 0) is 36.1 Å². The Kier molecular flexibility index (Phi) is 5.92. The summed E-state index contributed by atoms with van der Waals surface area (Å²) in [4.78, 5) is 49.7. The van der Waals surface area contributed by atoms with Crippen LogP contribution in [0.25, 0.3) is 11.0 Å². The minimum Gasteiger partial charge on any atom is -0.353 e. The molecule has 10 heteroatoms. The van der Waals surface area contributed by atoms with Crippen molar-refractivity contribution in [3.05, 3.63) is 48.4 Å². The molecule has 0 aliphatic carbocycles. The number of rotatable bonds is 5. The molecule has 5 rings (SSSR count). The Balaban J connectivity index is 1.35. The topological polar surface area (TPSA) is 124 Å². The number of nitrogens with zero attached hydrogens (tertiary/aromatic N) is 6. The van der Waals surface area contributed by atoms with Crippen LogP contribution in [-0.2, 0) is 16.0 Å². The first-order valence-corrected chi connectivity index (χ1v) is 12.0. The van der Waals surface area contributed by atoms with E-state index >= 15 is 0 Å². The lowest BCUT2D eigenvalue weighted by atomic mass is 9.74. The minimum absolute atomic E-state index is 0.104. The molecule has 2 atom stereocenters. The Hall–Kier alpha value is -4.26. The Labute approximate surface area is 208 Å². The van der Waals surface area contributed by atoms with Crippen molar-refractivity contribution in [3.63, 3.8) is 0 Å². The van der Waals surface area contributed by atoms with Gasteiger partial charge in [-0.15, -0.1) is 0 Å². The van der Waals surface area contributed by atoms with Gasteiger partial charge < -0.3 is 15.1 Å². The van der Waals surface area contributed by atoms with Gasteiger partial charge in [-0.1, -0.05) is 19.1 Å². The van der Waals surface area contributed by atoms with Gasteiger partial charge in [0.25, 0.3) is 0 Å². The summed E-state index contributed by atoms with van der Waals surface area (Å²) in [5.41, 5.74) is 1.76. The SMILES string of the molecule is CC(=O)Nc1ccc(CC(=O)n2ccc3c(N4CC[C@]5(C4)[C@@H](C)CN5C(=O)CC#N)ncnc32)cc1. The van der Waals surface area contributed by atoms with Crippen LogP contribution in [0.5, 0.6) is 0 Å². The number of amides is 2. The number of carbonyl (C=O) groups is 3. The highest BCUT2D eigenvalue weighted by atomic mass is 16.2. The van der Waals surface area contributed by atoms with Crippen LogP contribution in [0, 0.1) is 17.2 Å². The average molecular weight is 486 g/mol. The first-order valence-electron chi connectivity index (χ1n) is 12.0. The van der Waals surface area contributed by atoms with Crippen molar-refractivity contribution in [1.82, 2.24) is 19.4 Å². The van der Waals surface area contributed by atoms with Crippen molar-refractivity contribution in [1.29, 1.82) is 5.26 Å². The van der Waals surface area contributed by atoms with Crippen LogP contribution in [-0.4, -0.2) is 62.3 Å². The molecule has 2 amide bonds. The van der Waals surface area contributed by atoms with E-state index in [-0.39, 0.29) is 36.1 Å². The molecule has 1 aromatic carbocycles. The van der Waals surface area contributed by atoms with E-state index in [9.17, 15) is 14.4 Å². The molecule has 2 aliphatic rings. The standard InChI is InChI=1S/C26H27N7O3/c1-17-14-33(22(35)7-10-27)26(17)9-12-31(15-26)24-21-8-11-32(25(21)29-16-28-24)23(36)13-19-3-5-20(6-4-19)30-18(2)34/h3-6,8,11,16-17H,7,9,12-15H2,1-2H3,(H,30,34)/t17-,26-/m0/s1. The molecule has 0 saturated carbocycles. The number of anilines is 2. The van der Waals surface area contributed by atoms with E-state index in [1.165, 1.54) is 13.3 Å². The summed E-state index contributed by atoms with van der Waals surface area (Å²) < 4.78 is 1.54. The van der Waals surface area contributed by atoms with Gasteiger partial charge in [0.2, 0.25) is 17.7 Å². The van der Waals surface area contributed by atoms with E-state index in [4.69, 9.17) is 5.26 Å². The maximum absolute atomic E-state index is 13.1. The second kappa shape index (κ2) is 9.07. The number of fused-ring (bicyclic) bond motifs is 1. The van der Waals surface area contributed by atoms with E-state index in [0.717, 1.165) is 29.7 Å². The lowest BCUT2D eigenvalue weighted by Crippen LogP contribution is -2.69. The van der Waals surface area contributed by atoms with E-state index < -0.39 is 0 Å². The van der Waals surface area contributed by atoms with Crippen molar-refractivity contribution in [3.8, 4) is 6.07 Å². The largest absolute Gasteiger partial charge is 0.353 e. The molecule has 0 radical (unpaired) electrons. The van der Waals surface area contributed by atoms with Gasteiger partial charge in [0, 0.05) is 38.4 Å². The van der Waals surface area contributed by atoms with Gasteiger partial charge in [-0.3, -0.25) is 19.0 Å². The number of hydrogen-bond donors (Lipinski definition) is 1. The highest BCUT2D eigenvalue weighted by Crippen LogP contribution is 2.45. The first-order chi connectivity index (χ1) is 17.3. The van der Waals surface area contributed by atoms with Gasteiger partial charge in [0.1, 0.15) is 18.6 Å². The van der Waals surface area contributed by atoms with Crippen LogP contribution in [0.4, 0.5) is 11.5 Å². The van der Waals surface area contributed by atoms with E-state index in [0.29, 0.717) is 30.3 Å². The van der Waals surface area contributed by atoms with Crippen LogP contribution in [0.3, 0.4) is 0 Å². The maximum atomic E-state index is 13.1. The van der Waals surface area contributed by atoms with Crippen LogP contribution in [0.2, 0.25) is 0 Å². The number of nitrogens with one attached hydrogen (secondary N) is 1. The maximum Gasteiger partial charge on any atom is 0.237 e. The Morgan fingerprint density at radius 2 is 1.94 bits per heavy atom. The van der Waals surface area contributed by atoms with Gasteiger partial charge in [0.05, 0.1) is 23.4 Å². The molecule has 2 aliphatic heterocycles. The van der Waals surface area contributed by atoms with Crippen molar-refractivity contribution in [2.75, 3.05) is 29.9 Å². The zero-order valence-corrected chi connectivity index (χ0v) is 20.3. The number of likely N-dealkylation sites (tertiary alicyclic amines) is 1. The summed E-state index contributed by atoms with van der Waals surface area (Å²) >= 11 is 0. The zero-order valence-electron chi connectivity index (χ0n) is 20.3. The Morgan fingerprint density at radius 1 is 1.17 bits per heavy atom. The summed E-state index contributed by atoms with van der Waals surface area (Å²) in [5.74, 6) is 0.693. The van der Waals surface area contributed by atoms with Crippen LogP contribution >= 0.6 is 0 Å². The molecule has 2 aromatic heterocycles. The highest BCUT2D eigenvalue weighted by molar-refractivity contribution is 5.96. The predicted octanol–water partition coefficient (Wildman–Crippen LogP) is 2.61. The van der Waals surface area contributed by atoms with Crippen molar-refractivity contribution in [2.45, 2.75) is 38.6 Å². The number of aromatic nitrogens is 3. The van der Waals surface area contributed by atoms with Crippen molar-refractivity contribution in [2.24, 2.45) is 5.92 Å². The Bertz CT molecular complexity index is 1390. The second-order valence-corrected chi connectivity index (χ2v) is 9.58. The van der Waals surface area contributed by atoms with E-state index in [2.05, 4.69) is 27.1 Å². The smallest absolute Gasteiger partial charge is 0.237 e. The Morgan fingerprint density at radius 3 is 2.64 bits per heavy atom. The quantitative estimate of drug-likeness (QED) is 0.589. The van der Waals surface area contributed by atoms with Crippen molar-refractivity contribution >= 4 is 40.3 Å². The first kappa shape index (κ1) is 23.5. The molecule has 10 nitrogen and oxygen atoms in total. The molecule has 4 heterocycles. The monoisotopic (exact) mass is 485 g/mol. The summed E-state index contributed by atoms with van der Waals surface area (Å²) in [7, 11) is 0. The van der Waals surface area contributed by atoms with Gasteiger partial charge in [-0.25, -0.2) is 9.97 Å². The normalized spacial score (nSPS) is 20.9. The third-order valence-electron chi connectivity index (χ3n) is 7.38. The lowest BCUT2D eigenvalue weighted by molar-refractivity contribution is -0.152. The van der Waals surface area contributed by atoms with Crippen LogP contribution in [0.1, 0.15) is 37.0 Å². The van der Waals surface area contributed by atoms with Crippen molar-refractivity contribution < 1.29 is 14.4 Å². The number of carbonyl (C=O) groups excluding carboxylic acids is 3.